The highest BCUT2D eigenvalue weighted by molar-refractivity contribution is 7.99. The molecule has 4 aromatic rings. The van der Waals surface area contributed by atoms with Crippen LogP contribution in [0.5, 0.6) is 0 Å². The lowest BCUT2D eigenvalue weighted by Gasteiger charge is -2.31. The zero-order chi connectivity index (χ0) is 28.5. The molecule has 0 bridgehead atoms. The summed E-state index contributed by atoms with van der Waals surface area (Å²) in [5.74, 6) is 1.11. The highest BCUT2D eigenvalue weighted by Crippen LogP contribution is 2.30. The molecule has 6 rings (SSSR count). The Kier molecular flexibility index (Phi) is 7.75. The standard InChI is InChI=1S/C31H32FN5O3S/c1-19-16-22(10-13-33-19)20-2-4-21(5-3-20)29(38)35-24-6-8-25(9-7-24)37-30(39)27-17-23(32)18-34-28(27)36(31(37)40)26-11-14-41-15-12-26/h2-5,10,13,16-18,24-26H,6-9,11-12,14-15H2,1H3,(H,35,38). The topological polar surface area (TPSA) is 98.9 Å². The third-order valence-electron chi connectivity index (χ3n) is 8.25. The van der Waals surface area contributed by atoms with Crippen LogP contribution in [-0.4, -0.2) is 42.6 Å². The number of benzene rings is 1. The number of pyridine rings is 2. The number of thioether (sulfide) groups is 1. The fraction of sp³-hybridized carbons (Fsp3) is 0.387. The Labute approximate surface area is 241 Å². The summed E-state index contributed by atoms with van der Waals surface area (Å²) in [5.41, 5.74) is 2.98. The molecule has 212 valence electrons. The van der Waals surface area contributed by atoms with Crippen LogP contribution in [0.25, 0.3) is 22.2 Å². The molecule has 0 atom stereocenters. The first kappa shape index (κ1) is 27.4. The van der Waals surface area contributed by atoms with E-state index in [1.807, 2.05) is 55.1 Å². The average molecular weight is 574 g/mol. The van der Waals surface area contributed by atoms with E-state index in [2.05, 4.69) is 15.3 Å². The van der Waals surface area contributed by atoms with Crippen molar-refractivity contribution in [3.8, 4) is 11.1 Å². The van der Waals surface area contributed by atoms with Gasteiger partial charge in [-0.15, -0.1) is 0 Å². The van der Waals surface area contributed by atoms with Crippen molar-refractivity contribution >= 4 is 28.7 Å². The summed E-state index contributed by atoms with van der Waals surface area (Å²) in [4.78, 5) is 48.7. The largest absolute Gasteiger partial charge is 0.349 e. The van der Waals surface area contributed by atoms with E-state index >= 15 is 0 Å². The van der Waals surface area contributed by atoms with Crippen LogP contribution in [0.15, 0.2) is 64.4 Å². The van der Waals surface area contributed by atoms with E-state index in [0.717, 1.165) is 47.4 Å². The first-order chi connectivity index (χ1) is 19.9. The Hall–Kier alpha value is -3.79. The fourth-order valence-electron chi connectivity index (χ4n) is 6.09. The molecule has 0 radical (unpaired) electrons. The molecule has 41 heavy (non-hydrogen) atoms. The summed E-state index contributed by atoms with van der Waals surface area (Å²) in [7, 11) is 0. The maximum atomic E-state index is 14.2. The molecule has 2 aliphatic rings. The number of fused-ring (bicyclic) bond motifs is 1. The quantitative estimate of drug-likeness (QED) is 0.359. The van der Waals surface area contributed by atoms with Gasteiger partial charge in [-0.3, -0.25) is 23.7 Å². The van der Waals surface area contributed by atoms with Crippen LogP contribution >= 0.6 is 11.8 Å². The van der Waals surface area contributed by atoms with Crippen LogP contribution in [0, 0.1) is 12.7 Å². The molecule has 8 nitrogen and oxygen atoms in total. The van der Waals surface area contributed by atoms with Gasteiger partial charge in [-0.05, 0) is 98.4 Å². The Morgan fingerprint density at radius 2 is 1.61 bits per heavy atom. The van der Waals surface area contributed by atoms with E-state index in [1.54, 1.807) is 10.8 Å². The van der Waals surface area contributed by atoms with Crippen LogP contribution in [0.3, 0.4) is 0 Å². The summed E-state index contributed by atoms with van der Waals surface area (Å²) in [6.07, 6.45) is 6.85. The Bertz CT molecular complexity index is 1700. The van der Waals surface area contributed by atoms with E-state index in [4.69, 9.17) is 0 Å². The smallest absolute Gasteiger partial charge is 0.333 e. The average Bonchev–Trinajstić information content (AvgIpc) is 2.99. The number of nitrogens with one attached hydrogen (secondary N) is 1. The minimum absolute atomic E-state index is 0.0610. The Morgan fingerprint density at radius 1 is 0.902 bits per heavy atom. The van der Waals surface area contributed by atoms with E-state index < -0.39 is 11.4 Å². The third kappa shape index (κ3) is 5.57. The predicted molar refractivity (Wildman–Crippen MR) is 159 cm³/mol. The van der Waals surface area contributed by atoms with Gasteiger partial charge in [0.1, 0.15) is 11.5 Å². The van der Waals surface area contributed by atoms with Gasteiger partial charge in [0.2, 0.25) is 0 Å². The first-order valence-electron chi connectivity index (χ1n) is 14.1. The van der Waals surface area contributed by atoms with Crippen LogP contribution in [0.1, 0.15) is 66.7 Å². The number of aromatic nitrogens is 4. The third-order valence-corrected chi connectivity index (χ3v) is 9.30. The van der Waals surface area contributed by atoms with Gasteiger partial charge in [-0.2, -0.15) is 11.8 Å². The van der Waals surface area contributed by atoms with E-state index in [1.165, 1.54) is 10.6 Å². The molecule has 0 unspecified atom stereocenters. The zero-order valence-electron chi connectivity index (χ0n) is 22.9. The number of rotatable bonds is 5. The number of carbonyl (C=O) groups is 1. The summed E-state index contributed by atoms with van der Waals surface area (Å²) in [6.45, 7) is 1.94. The molecular formula is C31H32FN5O3S. The molecule has 10 heteroatoms. The lowest BCUT2D eigenvalue weighted by Crippen LogP contribution is -2.46. The van der Waals surface area contributed by atoms with Crippen molar-refractivity contribution in [2.24, 2.45) is 0 Å². The van der Waals surface area contributed by atoms with E-state index in [9.17, 15) is 18.8 Å². The van der Waals surface area contributed by atoms with Gasteiger partial charge in [0.25, 0.3) is 11.5 Å². The molecular weight excluding hydrogens is 541 g/mol. The Balaban J connectivity index is 1.18. The van der Waals surface area contributed by atoms with Gasteiger partial charge in [-0.1, -0.05) is 12.1 Å². The second-order valence-electron chi connectivity index (χ2n) is 10.9. The number of hydrogen-bond acceptors (Lipinski definition) is 6. The van der Waals surface area contributed by atoms with Crippen LogP contribution in [-0.2, 0) is 0 Å². The van der Waals surface area contributed by atoms with Crippen molar-refractivity contribution in [1.82, 2.24) is 24.4 Å². The monoisotopic (exact) mass is 573 g/mol. The summed E-state index contributed by atoms with van der Waals surface area (Å²) in [5, 5.41) is 3.27. The normalized spacial score (nSPS) is 19.8. The second-order valence-corrected chi connectivity index (χ2v) is 12.2. The van der Waals surface area contributed by atoms with E-state index in [0.29, 0.717) is 31.2 Å². The van der Waals surface area contributed by atoms with Gasteiger partial charge < -0.3 is 5.32 Å². The van der Waals surface area contributed by atoms with Gasteiger partial charge in [0.15, 0.2) is 0 Å². The number of hydrogen-bond donors (Lipinski definition) is 1. The van der Waals surface area contributed by atoms with Crippen LogP contribution < -0.4 is 16.6 Å². The van der Waals surface area contributed by atoms with Crippen molar-refractivity contribution in [2.75, 3.05) is 11.5 Å². The minimum atomic E-state index is -0.596. The zero-order valence-corrected chi connectivity index (χ0v) is 23.7. The maximum Gasteiger partial charge on any atom is 0.333 e. The molecule has 1 aliphatic carbocycles. The predicted octanol–water partition coefficient (Wildman–Crippen LogP) is 5.05. The SMILES string of the molecule is Cc1cc(-c2ccc(C(=O)NC3CCC(n4c(=O)c5cc(F)cnc5n(C5CCSCC5)c4=O)CC3)cc2)ccn1. The van der Waals surface area contributed by atoms with Gasteiger partial charge >= 0.3 is 5.69 Å². The second kappa shape index (κ2) is 11.6. The molecule has 1 saturated heterocycles. The fourth-order valence-corrected chi connectivity index (χ4v) is 7.17. The number of amides is 1. The van der Waals surface area contributed by atoms with Gasteiger partial charge in [0.05, 0.1) is 11.6 Å². The van der Waals surface area contributed by atoms with E-state index in [-0.39, 0.29) is 40.8 Å². The maximum absolute atomic E-state index is 14.2. The summed E-state index contributed by atoms with van der Waals surface area (Å²) in [6, 6.07) is 12.2. The molecule has 3 aromatic heterocycles. The summed E-state index contributed by atoms with van der Waals surface area (Å²) >= 11 is 1.84. The lowest BCUT2D eigenvalue weighted by molar-refractivity contribution is 0.0922. The lowest BCUT2D eigenvalue weighted by atomic mass is 9.90. The molecule has 1 aromatic carbocycles. The van der Waals surface area contributed by atoms with Gasteiger partial charge in [0, 0.05) is 35.6 Å². The number of carbonyl (C=O) groups excluding carboxylic acids is 1. The highest BCUT2D eigenvalue weighted by atomic mass is 32.2. The highest BCUT2D eigenvalue weighted by Gasteiger charge is 2.29. The van der Waals surface area contributed by atoms with Crippen molar-refractivity contribution in [3.63, 3.8) is 0 Å². The minimum Gasteiger partial charge on any atom is -0.349 e. The van der Waals surface area contributed by atoms with Crippen molar-refractivity contribution < 1.29 is 9.18 Å². The number of aryl methyl sites for hydroxylation is 1. The van der Waals surface area contributed by atoms with Crippen molar-refractivity contribution in [3.05, 3.63) is 92.8 Å². The molecule has 1 saturated carbocycles. The number of nitrogens with zero attached hydrogens (tertiary/aromatic N) is 4. The molecule has 1 amide bonds. The Morgan fingerprint density at radius 3 is 2.32 bits per heavy atom. The number of halogens is 1. The van der Waals surface area contributed by atoms with Crippen LogP contribution in [0.4, 0.5) is 4.39 Å². The first-order valence-corrected chi connectivity index (χ1v) is 15.3. The molecule has 1 aliphatic heterocycles. The van der Waals surface area contributed by atoms with Crippen molar-refractivity contribution in [2.45, 2.75) is 63.6 Å². The summed E-state index contributed by atoms with van der Waals surface area (Å²) < 4.78 is 17.1. The van der Waals surface area contributed by atoms with Gasteiger partial charge in [-0.25, -0.2) is 14.2 Å². The molecule has 2 fully saturated rings. The van der Waals surface area contributed by atoms with Crippen molar-refractivity contribution in [1.29, 1.82) is 0 Å². The molecule has 1 N–H and O–H groups in total. The molecule has 4 heterocycles. The van der Waals surface area contributed by atoms with Crippen LogP contribution in [0.2, 0.25) is 0 Å². The molecule has 0 spiro atoms.